The number of nitrogens with zero attached hydrogens (tertiary/aromatic N) is 3. The fourth-order valence-corrected chi connectivity index (χ4v) is 3.97. The molecule has 0 bridgehead atoms. The van der Waals surface area contributed by atoms with Gasteiger partial charge >= 0.3 is 0 Å². The molecule has 140 valence electrons. The molecule has 2 aromatic heterocycles. The second-order valence-electron chi connectivity index (χ2n) is 8.30. The number of ether oxygens (including phenoxy) is 1. The summed E-state index contributed by atoms with van der Waals surface area (Å²) < 4.78 is 11.5. The van der Waals surface area contributed by atoms with Gasteiger partial charge in [-0.2, -0.15) is 0 Å². The number of rotatable bonds is 4. The van der Waals surface area contributed by atoms with Crippen LogP contribution in [-0.4, -0.2) is 45.7 Å². The lowest BCUT2D eigenvalue weighted by Gasteiger charge is -2.41. The van der Waals surface area contributed by atoms with Gasteiger partial charge in [0, 0.05) is 24.7 Å². The highest BCUT2D eigenvalue weighted by Crippen LogP contribution is 2.41. The number of hydrogen-bond acceptors (Lipinski definition) is 5. The average molecular weight is 357 g/mol. The molecule has 6 heteroatoms. The Kier molecular flexibility index (Phi) is 4.26. The van der Waals surface area contributed by atoms with E-state index in [0.717, 1.165) is 42.5 Å². The van der Waals surface area contributed by atoms with Gasteiger partial charge in [-0.15, -0.1) is 0 Å². The third-order valence-corrected chi connectivity index (χ3v) is 5.11. The number of morpholine rings is 1. The molecular weight excluding hydrogens is 330 g/mol. The van der Waals surface area contributed by atoms with Crippen molar-refractivity contribution in [3.8, 4) is 0 Å². The summed E-state index contributed by atoms with van der Waals surface area (Å²) in [5, 5.41) is 4.99. The van der Waals surface area contributed by atoms with Crippen molar-refractivity contribution >= 4 is 17.0 Å². The molecule has 2 aromatic rings. The minimum Gasteiger partial charge on any atom is -0.369 e. The molecule has 0 radical (unpaired) electrons. The molecule has 0 unspecified atom stereocenters. The van der Waals surface area contributed by atoms with E-state index in [0.29, 0.717) is 30.3 Å². The van der Waals surface area contributed by atoms with Crippen LogP contribution in [0.3, 0.4) is 0 Å². The Balaban J connectivity index is 1.78. The Morgan fingerprint density at radius 3 is 2.81 bits per heavy atom. The summed E-state index contributed by atoms with van der Waals surface area (Å²) in [6.45, 7) is 9.35. The van der Waals surface area contributed by atoms with Crippen molar-refractivity contribution in [1.29, 1.82) is 0 Å². The van der Waals surface area contributed by atoms with E-state index in [1.165, 1.54) is 0 Å². The Morgan fingerprint density at radius 2 is 2.15 bits per heavy atom. The van der Waals surface area contributed by atoms with Gasteiger partial charge in [-0.1, -0.05) is 18.5 Å². The van der Waals surface area contributed by atoms with E-state index in [-0.39, 0.29) is 17.6 Å². The Labute approximate surface area is 153 Å². The number of aryl methyl sites for hydroxylation is 1. The van der Waals surface area contributed by atoms with E-state index in [2.05, 4.69) is 17.1 Å². The van der Waals surface area contributed by atoms with Crippen molar-refractivity contribution in [3.63, 3.8) is 0 Å². The van der Waals surface area contributed by atoms with Crippen LogP contribution < -0.4 is 0 Å². The molecule has 1 saturated heterocycles. The number of carbonyl (C=O) groups excluding carboxylic acids is 1. The number of fused-ring (bicyclic) bond motifs is 1. The average Bonchev–Trinajstić information content (AvgIpc) is 3.34. The van der Waals surface area contributed by atoms with Gasteiger partial charge in [0.2, 0.25) is 0 Å². The molecular formula is C20H27N3O3. The van der Waals surface area contributed by atoms with Crippen LogP contribution in [-0.2, 0) is 11.2 Å². The number of pyridine rings is 1. The fraction of sp³-hybridized carbons (Fsp3) is 0.650. The zero-order valence-electron chi connectivity index (χ0n) is 16.0. The molecule has 4 rings (SSSR count). The van der Waals surface area contributed by atoms with Gasteiger partial charge in [0.15, 0.2) is 0 Å². The van der Waals surface area contributed by atoms with Crippen molar-refractivity contribution < 1.29 is 14.1 Å². The molecule has 6 nitrogen and oxygen atoms in total. The van der Waals surface area contributed by atoms with Crippen LogP contribution >= 0.6 is 0 Å². The lowest BCUT2D eigenvalue weighted by Crippen LogP contribution is -2.53. The van der Waals surface area contributed by atoms with Crippen LogP contribution in [0.25, 0.3) is 11.1 Å². The lowest BCUT2D eigenvalue weighted by atomic mass is 10.0. The molecule has 1 aliphatic carbocycles. The Morgan fingerprint density at radius 1 is 1.38 bits per heavy atom. The largest absolute Gasteiger partial charge is 0.369 e. The molecule has 2 fully saturated rings. The molecule has 0 aromatic carbocycles. The van der Waals surface area contributed by atoms with Crippen LogP contribution in [0.4, 0.5) is 0 Å². The van der Waals surface area contributed by atoms with E-state index in [1.807, 2.05) is 31.7 Å². The topological polar surface area (TPSA) is 68.5 Å². The minimum atomic E-state index is -0.348. The van der Waals surface area contributed by atoms with Crippen LogP contribution in [0.1, 0.15) is 74.6 Å². The highest BCUT2D eigenvalue weighted by atomic mass is 16.5. The third kappa shape index (κ3) is 3.22. The summed E-state index contributed by atoms with van der Waals surface area (Å²) in [5.74, 6) is 0.480. The predicted octanol–water partition coefficient (Wildman–Crippen LogP) is 3.69. The zero-order valence-corrected chi connectivity index (χ0v) is 16.0. The smallest absolute Gasteiger partial charge is 0.259 e. The SMILES string of the molecule is CCCc1noc2nc(C3CC3)cc(C(=O)N3C[C@H](C)OC(C)(C)C3)c12. The van der Waals surface area contributed by atoms with Crippen molar-refractivity contribution in [2.75, 3.05) is 13.1 Å². The van der Waals surface area contributed by atoms with Crippen LogP contribution in [0, 0.1) is 0 Å². The van der Waals surface area contributed by atoms with Crippen molar-refractivity contribution in [2.24, 2.45) is 0 Å². The summed E-state index contributed by atoms with van der Waals surface area (Å²) in [7, 11) is 0. The van der Waals surface area contributed by atoms with Gasteiger partial charge in [-0.05, 0) is 46.1 Å². The third-order valence-electron chi connectivity index (χ3n) is 5.11. The first-order valence-corrected chi connectivity index (χ1v) is 9.64. The molecule has 2 aliphatic rings. The van der Waals surface area contributed by atoms with Gasteiger partial charge in [-0.25, -0.2) is 4.98 Å². The van der Waals surface area contributed by atoms with Gasteiger partial charge < -0.3 is 14.2 Å². The predicted molar refractivity (Wildman–Crippen MR) is 98.3 cm³/mol. The molecule has 3 heterocycles. The maximum Gasteiger partial charge on any atom is 0.259 e. The first-order chi connectivity index (χ1) is 12.4. The lowest BCUT2D eigenvalue weighted by molar-refractivity contribution is -0.118. The second kappa shape index (κ2) is 6.34. The quantitative estimate of drug-likeness (QED) is 0.835. The van der Waals surface area contributed by atoms with Crippen molar-refractivity contribution in [1.82, 2.24) is 15.0 Å². The summed E-state index contributed by atoms with van der Waals surface area (Å²) >= 11 is 0. The standard InChI is InChI=1S/C20H27N3O3/c1-5-6-15-17-14(9-16(13-7-8-13)21-18(17)26-22-15)19(24)23-10-12(2)25-20(3,4)11-23/h9,12-13H,5-8,10-11H2,1-4H3/t12-/m0/s1. The monoisotopic (exact) mass is 357 g/mol. The van der Waals surface area contributed by atoms with Crippen LogP contribution in [0.5, 0.6) is 0 Å². The molecule has 1 amide bonds. The van der Waals surface area contributed by atoms with E-state index in [9.17, 15) is 4.79 Å². The van der Waals surface area contributed by atoms with Gasteiger partial charge in [-0.3, -0.25) is 4.79 Å². The van der Waals surface area contributed by atoms with Gasteiger partial charge in [0.25, 0.3) is 11.6 Å². The number of hydrogen-bond donors (Lipinski definition) is 0. The molecule has 1 atom stereocenters. The molecule has 0 N–H and O–H groups in total. The van der Waals surface area contributed by atoms with Crippen LogP contribution in [0.15, 0.2) is 10.6 Å². The summed E-state index contributed by atoms with van der Waals surface area (Å²) in [4.78, 5) is 20.0. The van der Waals surface area contributed by atoms with E-state index >= 15 is 0 Å². The van der Waals surface area contributed by atoms with Crippen LogP contribution in [0.2, 0.25) is 0 Å². The van der Waals surface area contributed by atoms with Gasteiger partial charge in [0.1, 0.15) is 0 Å². The molecule has 26 heavy (non-hydrogen) atoms. The summed E-state index contributed by atoms with van der Waals surface area (Å²) in [6.07, 6.45) is 4.00. The molecule has 1 saturated carbocycles. The maximum atomic E-state index is 13.5. The maximum absolute atomic E-state index is 13.5. The first kappa shape index (κ1) is 17.5. The summed E-state index contributed by atoms with van der Waals surface area (Å²) in [5.41, 5.74) is 2.63. The van der Waals surface area contributed by atoms with E-state index in [4.69, 9.17) is 9.26 Å². The normalized spacial score (nSPS) is 22.8. The summed E-state index contributed by atoms with van der Waals surface area (Å²) in [6, 6.07) is 1.98. The second-order valence-corrected chi connectivity index (χ2v) is 8.30. The minimum absolute atomic E-state index is 0.0144. The Bertz CT molecular complexity index is 838. The highest BCUT2D eigenvalue weighted by molar-refractivity contribution is 6.06. The van der Waals surface area contributed by atoms with Gasteiger partial charge in [0.05, 0.1) is 28.3 Å². The molecule has 0 spiro atoms. The number of carbonyl (C=O) groups is 1. The Hall–Kier alpha value is -1.95. The van der Waals surface area contributed by atoms with E-state index in [1.54, 1.807) is 0 Å². The van der Waals surface area contributed by atoms with Crippen molar-refractivity contribution in [2.45, 2.75) is 71.0 Å². The molecule has 1 aliphatic heterocycles. The fourth-order valence-electron chi connectivity index (χ4n) is 3.97. The first-order valence-electron chi connectivity index (χ1n) is 9.64. The number of amides is 1. The highest BCUT2D eigenvalue weighted by Gasteiger charge is 2.36. The van der Waals surface area contributed by atoms with Crippen molar-refractivity contribution in [3.05, 3.63) is 23.0 Å². The number of aromatic nitrogens is 2. The van der Waals surface area contributed by atoms with E-state index < -0.39 is 0 Å². The zero-order chi connectivity index (χ0) is 18.5.